The first kappa shape index (κ1) is 22.2. The zero-order valence-corrected chi connectivity index (χ0v) is 19.3. The number of aryl methyl sites for hydroxylation is 1. The van der Waals surface area contributed by atoms with E-state index in [1.54, 1.807) is 19.2 Å². The number of halogens is 2. The van der Waals surface area contributed by atoms with Crippen LogP contribution in [0.5, 0.6) is 11.5 Å². The number of amides is 1. The van der Waals surface area contributed by atoms with Gasteiger partial charge in [-0.05, 0) is 23.8 Å². The largest absolute Gasteiger partial charge is 0.457 e. The summed E-state index contributed by atoms with van der Waals surface area (Å²) < 4.78 is 25.8. The molecular formula is C27H22ClFN2O3. The van der Waals surface area contributed by atoms with Crippen molar-refractivity contribution >= 4 is 17.5 Å². The Morgan fingerprint density at radius 1 is 1.15 bits per heavy atom. The Morgan fingerprint density at radius 2 is 1.97 bits per heavy atom. The predicted octanol–water partition coefficient (Wildman–Crippen LogP) is 6.75. The Morgan fingerprint density at radius 3 is 2.71 bits per heavy atom. The minimum absolute atomic E-state index is 0.0214. The first-order valence-corrected chi connectivity index (χ1v) is 11.4. The Kier molecular flexibility index (Phi) is 6.07. The van der Waals surface area contributed by atoms with Crippen molar-refractivity contribution in [1.82, 2.24) is 9.88 Å². The smallest absolute Gasteiger partial charge is 0.223 e. The molecule has 1 aliphatic heterocycles. The molecule has 0 bridgehead atoms. The van der Waals surface area contributed by atoms with E-state index in [4.69, 9.17) is 20.8 Å². The average molecular weight is 477 g/mol. The molecule has 34 heavy (non-hydrogen) atoms. The number of hydrogen-bond donors (Lipinski definition) is 0. The van der Waals surface area contributed by atoms with Crippen molar-refractivity contribution in [2.75, 3.05) is 6.54 Å². The number of nitrogens with zero attached hydrogens (tertiary/aromatic N) is 2. The number of aromatic nitrogens is 1. The lowest BCUT2D eigenvalue weighted by atomic mass is 9.98. The Bertz CT molecular complexity index is 1340. The summed E-state index contributed by atoms with van der Waals surface area (Å²) in [5.74, 6) is 1.64. The third-order valence-electron chi connectivity index (χ3n) is 5.94. The molecular weight excluding hydrogens is 455 g/mol. The van der Waals surface area contributed by atoms with Gasteiger partial charge in [0.1, 0.15) is 17.3 Å². The van der Waals surface area contributed by atoms with Crippen molar-refractivity contribution in [1.29, 1.82) is 0 Å². The Labute approximate surface area is 201 Å². The van der Waals surface area contributed by atoms with Gasteiger partial charge >= 0.3 is 0 Å². The van der Waals surface area contributed by atoms with Gasteiger partial charge in [0, 0.05) is 49.5 Å². The summed E-state index contributed by atoms with van der Waals surface area (Å²) in [6.07, 6.45) is 2.11. The van der Waals surface area contributed by atoms with Gasteiger partial charge in [-0.3, -0.25) is 4.79 Å². The first-order chi connectivity index (χ1) is 16.5. The van der Waals surface area contributed by atoms with Gasteiger partial charge in [0.15, 0.2) is 11.7 Å². The van der Waals surface area contributed by atoms with Crippen molar-refractivity contribution in [3.63, 3.8) is 0 Å². The third kappa shape index (κ3) is 4.68. The van der Waals surface area contributed by atoms with E-state index >= 15 is 0 Å². The SMILES string of the molecule is Cc1ncc(-c2ccc(CN3C[C@H](c4ccccc4)CC3=O)c(Oc3ccc(Cl)c(F)c3)c2)o1. The monoisotopic (exact) mass is 476 g/mol. The Hall–Kier alpha value is -3.64. The molecule has 0 N–H and O–H groups in total. The van der Waals surface area contributed by atoms with Crippen molar-refractivity contribution in [2.45, 2.75) is 25.8 Å². The van der Waals surface area contributed by atoms with Crippen LogP contribution in [-0.2, 0) is 11.3 Å². The quantitative estimate of drug-likeness (QED) is 0.309. The van der Waals surface area contributed by atoms with E-state index in [0.717, 1.165) is 16.7 Å². The summed E-state index contributed by atoms with van der Waals surface area (Å²) in [7, 11) is 0. The fourth-order valence-corrected chi connectivity index (χ4v) is 4.29. The van der Waals surface area contributed by atoms with Crippen LogP contribution < -0.4 is 4.74 Å². The van der Waals surface area contributed by atoms with Crippen LogP contribution >= 0.6 is 11.6 Å². The van der Waals surface area contributed by atoms with E-state index in [9.17, 15) is 9.18 Å². The number of rotatable bonds is 6. The number of carbonyl (C=O) groups is 1. The van der Waals surface area contributed by atoms with Crippen molar-refractivity contribution in [2.24, 2.45) is 0 Å². The van der Waals surface area contributed by atoms with Crippen LogP contribution in [0, 0.1) is 12.7 Å². The van der Waals surface area contributed by atoms with Crippen LogP contribution in [0.4, 0.5) is 4.39 Å². The van der Waals surface area contributed by atoms with Crippen LogP contribution in [0.15, 0.2) is 77.3 Å². The normalized spacial score (nSPS) is 15.7. The predicted molar refractivity (Wildman–Crippen MR) is 127 cm³/mol. The van der Waals surface area contributed by atoms with Gasteiger partial charge < -0.3 is 14.1 Å². The van der Waals surface area contributed by atoms with Crippen LogP contribution in [0.3, 0.4) is 0 Å². The number of hydrogen-bond acceptors (Lipinski definition) is 4. The highest BCUT2D eigenvalue weighted by Gasteiger charge is 2.31. The molecule has 1 fully saturated rings. The minimum atomic E-state index is -0.567. The van der Waals surface area contributed by atoms with Gasteiger partial charge in [-0.25, -0.2) is 9.37 Å². The molecule has 1 aliphatic rings. The number of carbonyl (C=O) groups excluding carboxylic acids is 1. The maximum atomic E-state index is 14.0. The van der Waals surface area contributed by atoms with Gasteiger partial charge in [-0.15, -0.1) is 0 Å². The zero-order valence-electron chi connectivity index (χ0n) is 18.5. The molecule has 1 amide bonds. The van der Waals surface area contributed by atoms with E-state index in [1.807, 2.05) is 41.3 Å². The van der Waals surface area contributed by atoms with Gasteiger partial charge in [0.05, 0.1) is 11.2 Å². The second-order valence-corrected chi connectivity index (χ2v) is 8.74. The molecule has 4 aromatic rings. The maximum Gasteiger partial charge on any atom is 0.223 e. The third-order valence-corrected chi connectivity index (χ3v) is 6.25. The lowest BCUT2D eigenvalue weighted by Gasteiger charge is -2.20. The number of likely N-dealkylation sites (tertiary alicyclic amines) is 1. The number of benzene rings is 3. The zero-order chi connectivity index (χ0) is 23.7. The second kappa shape index (κ2) is 9.31. The number of oxazole rings is 1. The van der Waals surface area contributed by atoms with Crippen LogP contribution in [-0.4, -0.2) is 22.3 Å². The number of ether oxygens (including phenoxy) is 1. The molecule has 2 heterocycles. The molecule has 1 aromatic heterocycles. The molecule has 0 unspecified atom stereocenters. The molecule has 0 spiro atoms. The molecule has 5 nitrogen and oxygen atoms in total. The highest BCUT2D eigenvalue weighted by molar-refractivity contribution is 6.30. The molecule has 172 valence electrons. The van der Waals surface area contributed by atoms with Gasteiger partial charge in [-0.1, -0.05) is 54.1 Å². The fraction of sp³-hybridized carbons (Fsp3) is 0.185. The van der Waals surface area contributed by atoms with Gasteiger partial charge in [0.2, 0.25) is 5.91 Å². The molecule has 3 aromatic carbocycles. The second-order valence-electron chi connectivity index (χ2n) is 8.33. The van der Waals surface area contributed by atoms with Gasteiger partial charge in [0.25, 0.3) is 0 Å². The van der Waals surface area contributed by atoms with E-state index in [0.29, 0.717) is 42.7 Å². The van der Waals surface area contributed by atoms with Crippen LogP contribution in [0.1, 0.15) is 29.4 Å². The van der Waals surface area contributed by atoms with Gasteiger partial charge in [-0.2, -0.15) is 0 Å². The summed E-state index contributed by atoms with van der Waals surface area (Å²) >= 11 is 5.82. The lowest BCUT2D eigenvalue weighted by Crippen LogP contribution is -2.24. The first-order valence-electron chi connectivity index (χ1n) is 11.0. The van der Waals surface area contributed by atoms with Crippen molar-refractivity contribution in [3.05, 3.63) is 101 Å². The van der Waals surface area contributed by atoms with Crippen molar-refractivity contribution < 1.29 is 18.3 Å². The van der Waals surface area contributed by atoms with E-state index in [-0.39, 0.29) is 16.8 Å². The maximum absolute atomic E-state index is 14.0. The molecule has 0 aliphatic carbocycles. The highest BCUT2D eigenvalue weighted by atomic mass is 35.5. The Balaban J connectivity index is 1.44. The molecule has 0 saturated carbocycles. The summed E-state index contributed by atoms with van der Waals surface area (Å²) in [6, 6.07) is 20.0. The lowest BCUT2D eigenvalue weighted by molar-refractivity contribution is -0.128. The van der Waals surface area contributed by atoms with Crippen LogP contribution in [0.25, 0.3) is 11.3 Å². The van der Waals surface area contributed by atoms with E-state index in [1.165, 1.54) is 12.1 Å². The molecule has 1 saturated heterocycles. The average Bonchev–Trinajstić information content (AvgIpc) is 3.43. The van der Waals surface area contributed by atoms with E-state index in [2.05, 4.69) is 17.1 Å². The molecule has 0 radical (unpaired) electrons. The summed E-state index contributed by atoms with van der Waals surface area (Å²) in [5.41, 5.74) is 2.73. The topological polar surface area (TPSA) is 55.6 Å². The minimum Gasteiger partial charge on any atom is -0.457 e. The fourth-order valence-electron chi connectivity index (χ4n) is 4.17. The highest BCUT2D eigenvalue weighted by Crippen LogP contribution is 2.35. The van der Waals surface area contributed by atoms with Crippen molar-refractivity contribution in [3.8, 4) is 22.8 Å². The summed E-state index contributed by atoms with van der Waals surface area (Å²) in [4.78, 5) is 18.8. The van der Waals surface area contributed by atoms with E-state index < -0.39 is 5.82 Å². The molecule has 1 atom stereocenters. The molecule has 7 heteroatoms. The summed E-state index contributed by atoms with van der Waals surface area (Å²) in [6.45, 7) is 2.78. The van der Waals surface area contributed by atoms with Crippen LogP contribution in [0.2, 0.25) is 5.02 Å². The molecule has 5 rings (SSSR count). The standard InChI is InChI=1S/C27H22ClFN2O3/c1-17-30-14-26(33-17)19-7-8-20(25(11-19)34-22-9-10-23(28)24(29)13-22)15-31-16-21(12-27(31)32)18-5-3-2-4-6-18/h2-11,13-14,21H,12,15-16H2,1H3/t21-/m1/s1. The summed E-state index contributed by atoms with van der Waals surface area (Å²) in [5, 5.41) is 0.0214.